The number of amides is 2. The average Bonchev–Trinajstić information content (AvgIpc) is 3.10. The summed E-state index contributed by atoms with van der Waals surface area (Å²) in [5.41, 5.74) is 1.52. The Hall–Kier alpha value is -2.64. The number of carbonyl (C=O) groups excluding carboxylic acids is 2. The van der Waals surface area contributed by atoms with Crippen LogP contribution in [-0.4, -0.2) is 30.1 Å². The van der Waals surface area contributed by atoms with E-state index >= 15 is 0 Å². The molecule has 33 heavy (non-hydrogen) atoms. The van der Waals surface area contributed by atoms with Gasteiger partial charge in [0.05, 0.1) is 29.6 Å². The van der Waals surface area contributed by atoms with Crippen molar-refractivity contribution < 1.29 is 19.1 Å². The number of imide groups is 1. The second-order valence-corrected chi connectivity index (χ2v) is 9.75. The van der Waals surface area contributed by atoms with Gasteiger partial charge in [-0.2, -0.15) is 10.1 Å². The molecule has 0 radical (unpaired) electrons. The molecule has 2 aromatic rings. The highest BCUT2D eigenvalue weighted by molar-refractivity contribution is 9.10. The normalized spacial score (nSPS) is 25.7. The van der Waals surface area contributed by atoms with Crippen LogP contribution in [0.3, 0.4) is 0 Å². The van der Waals surface area contributed by atoms with Gasteiger partial charge in [-0.3, -0.25) is 9.59 Å². The van der Waals surface area contributed by atoms with Crippen LogP contribution in [0.4, 0.5) is 0 Å². The standard InChI is InChI=1S/C25H22BrClN2O4/c1-32-20-11-14(10-18(26)23(20)33-13-17-4-2-3-5-19(17)27)12-28-29-24(30)21-15-6-7-16(9-8-15)22(21)25(29)31/h2-7,10-12,15-16,21-22H,8-9,13H2,1H3/b28-12-/t15-,16+,21-,22+. The van der Waals surface area contributed by atoms with Crippen molar-refractivity contribution in [2.75, 3.05) is 7.11 Å². The van der Waals surface area contributed by atoms with E-state index in [1.807, 2.05) is 24.3 Å². The summed E-state index contributed by atoms with van der Waals surface area (Å²) in [7, 11) is 1.55. The number of fused-ring (bicyclic) bond motifs is 1. The van der Waals surface area contributed by atoms with E-state index in [0.717, 1.165) is 23.4 Å². The van der Waals surface area contributed by atoms with E-state index in [9.17, 15) is 9.59 Å². The molecule has 6 rings (SSSR count). The van der Waals surface area contributed by atoms with E-state index < -0.39 is 0 Å². The molecule has 4 aliphatic rings. The van der Waals surface area contributed by atoms with Crippen LogP contribution in [-0.2, 0) is 16.2 Å². The number of methoxy groups -OCH3 is 1. The molecule has 1 saturated carbocycles. The van der Waals surface area contributed by atoms with E-state index in [1.165, 1.54) is 6.21 Å². The number of rotatable bonds is 6. The number of carbonyl (C=O) groups is 2. The summed E-state index contributed by atoms with van der Waals surface area (Å²) in [4.78, 5) is 25.9. The van der Waals surface area contributed by atoms with E-state index in [-0.39, 0.29) is 42.1 Å². The minimum absolute atomic E-state index is 0.139. The van der Waals surface area contributed by atoms with Crippen molar-refractivity contribution in [3.05, 3.63) is 69.2 Å². The summed E-state index contributed by atoms with van der Waals surface area (Å²) in [6, 6.07) is 11.0. The minimum Gasteiger partial charge on any atom is -0.493 e. The highest BCUT2D eigenvalue weighted by atomic mass is 79.9. The number of halogens is 2. The lowest BCUT2D eigenvalue weighted by Crippen LogP contribution is -2.38. The molecule has 2 aromatic carbocycles. The van der Waals surface area contributed by atoms with E-state index in [4.69, 9.17) is 21.1 Å². The predicted molar refractivity (Wildman–Crippen MR) is 128 cm³/mol. The molecule has 170 valence electrons. The SMILES string of the molecule is COc1cc(/C=N\N2C(=O)[C@@H]3[C@H](C2=O)[C@@H]2C=C[C@H]3CC2)cc(Br)c1OCc1ccccc1Cl. The summed E-state index contributed by atoms with van der Waals surface area (Å²) < 4.78 is 12.1. The predicted octanol–water partition coefficient (Wildman–Crippen LogP) is 5.22. The fourth-order valence-corrected chi connectivity index (χ4v) is 5.78. The molecule has 4 atom stereocenters. The summed E-state index contributed by atoms with van der Waals surface area (Å²) >= 11 is 9.75. The molecule has 1 aliphatic heterocycles. The zero-order chi connectivity index (χ0) is 23.1. The van der Waals surface area contributed by atoms with Crippen LogP contribution in [0.2, 0.25) is 5.02 Å². The van der Waals surface area contributed by atoms with Gasteiger partial charge in [0.25, 0.3) is 11.8 Å². The molecule has 3 aliphatic carbocycles. The smallest absolute Gasteiger partial charge is 0.254 e. The second kappa shape index (κ2) is 8.95. The van der Waals surface area contributed by atoms with Gasteiger partial charge in [0.15, 0.2) is 11.5 Å². The highest BCUT2D eigenvalue weighted by Gasteiger charge is 2.56. The molecule has 6 nitrogen and oxygen atoms in total. The lowest BCUT2D eigenvalue weighted by atomic mass is 9.63. The van der Waals surface area contributed by atoms with Gasteiger partial charge >= 0.3 is 0 Å². The maximum absolute atomic E-state index is 12.9. The first-order valence-electron chi connectivity index (χ1n) is 10.8. The van der Waals surface area contributed by atoms with Crippen LogP contribution in [0.1, 0.15) is 24.0 Å². The Morgan fingerprint density at radius 1 is 1.12 bits per heavy atom. The molecule has 0 unspecified atom stereocenters. The van der Waals surface area contributed by atoms with Gasteiger partial charge in [0, 0.05) is 10.6 Å². The van der Waals surface area contributed by atoms with Crippen LogP contribution in [0.5, 0.6) is 11.5 Å². The zero-order valence-electron chi connectivity index (χ0n) is 17.9. The fourth-order valence-electron chi connectivity index (χ4n) is 5.02. The molecule has 0 spiro atoms. The molecular formula is C25H22BrClN2O4. The summed E-state index contributed by atoms with van der Waals surface area (Å²) in [5.74, 6) is 0.336. The summed E-state index contributed by atoms with van der Waals surface area (Å²) in [6.45, 7) is 0.276. The highest BCUT2D eigenvalue weighted by Crippen LogP contribution is 2.49. The van der Waals surface area contributed by atoms with Crippen molar-refractivity contribution in [3.8, 4) is 11.5 Å². The molecule has 2 bridgehead atoms. The average molecular weight is 530 g/mol. The lowest BCUT2D eigenvalue weighted by molar-refractivity contribution is -0.140. The largest absolute Gasteiger partial charge is 0.493 e. The maximum Gasteiger partial charge on any atom is 0.254 e. The topological polar surface area (TPSA) is 68.2 Å². The first-order chi connectivity index (χ1) is 16.0. The van der Waals surface area contributed by atoms with Crippen LogP contribution in [0, 0.1) is 23.7 Å². The van der Waals surface area contributed by atoms with Crippen molar-refractivity contribution in [2.45, 2.75) is 19.4 Å². The van der Waals surface area contributed by atoms with Crippen molar-refractivity contribution in [1.82, 2.24) is 5.01 Å². The quantitative estimate of drug-likeness (QED) is 0.292. The Morgan fingerprint density at radius 2 is 1.79 bits per heavy atom. The Bertz CT molecular complexity index is 1150. The van der Waals surface area contributed by atoms with Crippen LogP contribution in [0.15, 0.2) is 58.1 Å². The number of hydrogen-bond donors (Lipinski definition) is 0. The maximum atomic E-state index is 12.9. The Morgan fingerprint density at radius 3 is 2.39 bits per heavy atom. The van der Waals surface area contributed by atoms with Crippen molar-refractivity contribution >= 4 is 45.6 Å². The van der Waals surface area contributed by atoms with Gasteiger partial charge in [0.1, 0.15) is 6.61 Å². The summed E-state index contributed by atoms with van der Waals surface area (Å²) in [6.07, 6.45) is 7.61. The number of hydrogen-bond acceptors (Lipinski definition) is 5. The first-order valence-corrected chi connectivity index (χ1v) is 12.0. The molecule has 1 heterocycles. The number of benzene rings is 2. The lowest BCUT2D eigenvalue weighted by Gasteiger charge is -2.37. The third-order valence-electron chi connectivity index (χ3n) is 6.64. The third kappa shape index (κ3) is 3.97. The second-order valence-electron chi connectivity index (χ2n) is 8.49. The van der Waals surface area contributed by atoms with E-state index in [0.29, 0.717) is 26.6 Å². The monoisotopic (exact) mass is 528 g/mol. The van der Waals surface area contributed by atoms with E-state index in [1.54, 1.807) is 19.2 Å². The molecule has 8 heteroatoms. The zero-order valence-corrected chi connectivity index (χ0v) is 20.3. The van der Waals surface area contributed by atoms with Gasteiger partial charge < -0.3 is 9.47 Å². The van der Waals surface area contributed by atoms with Gasteiger partial charge in [0.2, 0.25) is 0 Å². The molecule has 2 amide bonds. The Kier molecular flexibility index (Phi) is 6.01. The minimum atomic E-state index is -0.278. The van der Waals surface area contributed by atoms with Crippen LogP contribution in [0.25, 0.3) is 0 Å². The third-order valence-corrected chi connectivity index (χ3v) is 7.60. The van der Waals surface area contributed by atoms with Crippen molar-refractivity contribution in [3.63, 3.8) is 0 Å². The van der Waals surface area contributed by atoms with Gasteiger partial charge in [-0.25, -0.2) is 0 Å². The van der Waals surface area contributed by atoms with Crippen LogP contribution >= 0.6 is 27.5 Å². The van der Waals surface area contributed by atoms with Crippen molar-refractivity contribution in [2.24, 2.45) is 28.8 Å². The number of hydrazone groups is 1. The molecule has 0 aromatic heterocycles. The summed E-state index contributed by atoms with van der Waals surface area (Å²) in [5, 5.41) is 5.95. The molecule has 2 fully saturated rings. The molecular weight excluding hydrogens is 508 g/mol. The van der Waals surface area contributed by atoms with Crippen LogP contribution < -0.4 is 9.47 Å². The number of allylic oxidation sites excluding steroid dienone is 2. The Balaban J connectivity index is 1.35. The first kappa shape index (κ1) is 22.2. The number of nitrogens with zero attached hydrogens (tertiary/aromatic N) is 2. The molecule has 1 saturated heterocycles. The Labute approximate surface area is 205 Å². The number of ether oxygens (including phenoxy) is 2. The molecule has 0 N–H and O–H groups in total. The van der Waals surface area contributed by atoms with Gasteiger partial charge in [-0.05, 0) is 64.4 Å². The van der Waals surface area contributed by atoms with E-state index in [2.05, 4.69) is 33.2 Å². The fraction of sp³-hybridized carbons (Fsp3) is 0.320. The van der Waals surface area contributed by atoms with Gasteiger partial charge in [-0.1, -0.05) is 42.0 Å². The van der Waals surface area contributed by atoms with Gasteiger partial charge in [-0.15, -0.1) is 0 Å². The van der Waals surface area contributed by atoms with Crippen molar-refractivity contribution in [1.29, 1.82) is 0 Å².